The Hall–Kier alpha value is -3.22. The largest absolute Gasteiger partial charge is 0.493 e. The molecule has 0 spiro atoms. The van der Waals surface area contributed by atoms with Crippen molar-refractivity contribution < 1.29 is 9.47 Å². The number of rotatable bonds is 4. The molecule has 1 aliphatic rings. The number of ether oxygens (including phenoxy) is 2. The fraction of sp³-hybridized carbons (Fsp3) is 0.412. The highest BCUT2D eigenvalue weighted by molar-refractivity contribution is 5.57. The summed E-state index contributed by atoms with van der Waals surface area (Å²) in [7, 11) is 3.02. The molecule has 114 valence electrons. The number of methoxy groups -OCH3 is 2. The van der Waals surface area contributed by atoms with Gasteiger partial charge in [0.05, 0.1) is 38.5 Å². The van der Waals surface area contributed by atoms with Crippen LogP contribution in [0.15, 0.2) is 18.2 Å². The molecule has 1 aliphatic carbocycles. The molecular weight excluding hydrogens is 292 g/mol. The smallest absolute Gasteiger partial charge is 0.184 e. The van der Waals surface area contributed by atoms with E-state index in [4.69, 9.17) is 9.47 Å². The van der Waals surface area contributed by atoms with E-state index in [9.17, 15) is 21.0 Å². The van der Waals surface area contributed by atoms with Crippen molar-refractivity contribution in [3.05, 3.63) is 23.8 Å². The van der Waals surface area contributed by atoms with Gasteiger partial charge in [-0.25, -0.2) is 0 Å². The van der Waals surface area contributed by atoms with Gasteiger partial charge in [0.15, 0.2) is 22.3 Å². The van der Waals surface area contributed by atoms with Gasteiger partial charge in [-0.15, -0.1) is 0 Å². The van der Waals surface area contributed by atoms with Crippen LogP contribution in [-0.4, -0.2) is 14.2 Å². The number of nitriles is 4. The van der Waals surface area contributed by atoms with E-state index in [-0.39, 0.29) is 6.42 Å². The molecule has 0 radical (unpaired) electrons. The van der Waals surface area contributed by atoms with Crippen LogP contribution in [0.3, 0.4) is 0 Å². The molecule has 0 N–H and O–H groups in total. The zero-order valence-electron chi connectivity index (χ0n) is 13.0. The molecule has 6 nitrogen and oxygen atoms in total. The van der Waals surface area contributed by atoms with E-state index in [1.54, 1.807) is 25.1 Å². The van der Waals surface area contributed by atoms with Gasteiger partial charge in [-0.05, 0) is 24.1 Å². The number of hydrogen-bond donors (Lipinski definition) is 0. The van der Waals surface area contributed by atoms with Crippen molar-refractivity contribution >= 4 is 0 Å². The van der Waals surface area contributed by atoms with Crippen LogP contribution in [0.25, 0.3) is 0 Å². The lowest BCUT2D eigenvalue weighted by atomic mass is 9.88. The van der Waals surface area contributed by atoms with Crippen LogP contribution >= 0.6 is 0 Å². The predicted octanol–water partition coefficient (Wildman–Crippen LogP) is 2.33. The highest BCUT2D eigenvalue weighted by Crippen LogP contribution is 2.78. The van der Waals surface area contributed by atoms with Crippen molar-refractivity contribution in [2.75, 3.05) is 14.2 Å². The molecule has 1 aromatic rings. The number of hydrogen-bond acceptors (Lipinski definition) is 6. The Balaban J connectivity index is 2.49. The van der Waals surface area contributed by atoms with E-state index < -0.39 is 16.2 Å². The minimum atomic E-state index is -1.64. The minimum absolute atomic E-state index is 0.232. The highest BCUT2D eigenvalue weighted by atomic mass is 16.5. The second-order valence-electron chi connectivity index (χ2n) is 5.65. The molecule has 0 bridgehead atoms. The van der Waals surface area contributed by atoms with E-state index in [1.807, 2.05) is 24.3 Å². The van der Waals surface area contributed by atoms with E-state index in [0.29, 0.717) is 11.5 Å². The van der Waals surface area contributed by atoms with Crippen molar-refractivity contribution in [3.63, 3.8) is 0 Å². The first kappa shape index (κ1) is 16.2. The lowest BCUT2D eigenvalue weighted by Gasteiger charge is -2.14. The van der Waals surface area contributed by atoms with Crippen LogP contribution in [0.5, 0.6) is 11.5 Å². The third-order valence-electron chi connectivity index (χ3n) is 4.83. The van der Waals surface area contributed by atoms with Crippen molar-refractivity contribution in [2.24, 2.45) is 16.2 Å². The van der Waals surface area contributed by atoms with Crippen LogP contribution < -0.4 is 9.47 Å². The summed E-state index contributed by atoms with van der Waals surface area (Å²) in [5, 5.41) is 37.7. The molecule has 1 saturated carbocycles. The van der Waals surface area contributed by atoms with E-state index in [0.717, 1.165) is 5.56 Å². The molecule has 6 heteroatoms. The van der Waals surface area contributed by atoms with E-state index in [1.165, 1.54) is 14.2 Å². The summed E-state index contributed by atoms with van der Waals surface area (Å²) < 4.78 is 10.4. The fourth-order valence-electron chi connectivity index (χ4n) is 3.33. The number of nitrogens with zero attached hydrogens (tertiary/aromatic N) is 4. The summed E-state index contributed by atoms with van der Waals surface area (Å²) >= 11 is 0. The average molecular weight is 306 g/mol. The van der Waals surface area contributed by atoms with Gasteiger partial charge in [-0.2, -0.15) is 21.0 Å². The summed E-state index contributed by atoms with van der Waals surface area (Å²) in [5.74, 6) is 1.06. The molecule has 2 rings (SSSR count). The fourth-order valence-corrected chi connectivity index (χ4v) is 3.33. The van der Waals surface area contributed by atoms with Gasteiger partial charge in [0.2, 0.25) is 0 Å². The Morgan fingerprint density at radius 1 is 0.870 bits per heavy atom. The van der Waals surface area contributed by atoms with Crippen molar-refractivity contribution in [1.82, 2.24) is 0 Å². The molecule has 1 fully saturated rings. The second kappa shape index (κ2) is 5.20. The Labute approximate surface area is 134 Å². The van der Waals surface area contributed by atoms with Crippen LogP contribution in [0, 0.1) is 61.6 Å². The van der Waals surface area contributed by atoms with Gasteiger partial charge in [0.1, 0.15) is 0 Å². The lowest BCUT2D eigenvalue weighted by molar-refractivity contribution is 0.354. The standard InChI is InChI=1S/C17H14N4O2/c1-15(16(8-18,9-19)17(15,10-20)11-21)7-12-4-5-13(22-2)14(6-12)23-3/h4-6H,7H2,1-3H3. The Morgan fingerprint density at radius 2 is 1.35 bits per heavy atom. The normalized spacial score (nSPS) is 18.4. The maximum atomic E-state index is 9.43. The SMILES string of the molecule is COc1ccc(CC2(C)C(C#N)(C#N)C2(C#N)C#N)cc1OC. The van der Waals surface area contributed by atoms with Crippen molar-refractivity contribution in [1.29, 1.82) is 21.0 Å². The first-order chi connectivity index (χ1) is 11.0. The third-order valence-corrected chi connectivity index (χ3v) is 4.83. The zero-order chi connectivity index (χ0) is 17.3. The minimum Gasteiger partial charge on any atom is -0.493 e. The molecule has 0 atom stereocenters. The van der Waals surface area contributed by atoms with Gasteiger partial charge >= 0.3 is 0 Å². The summed E-state index contributed by atoms with van der Waals surface area (Å²) in [6, 6.07) is 12.8. The maximum absolute atomic E-state index is 9.43. The predicted molar refractivity (Wildman–Crippen MR) is 78.7 cm³/mol. The number of benzene rings is 1. The quantitative estimate of drug-likeness (QED) is 0.843. The molecule has 0 aromatic heterocycles. The Kier molecular flexibility index (Phi) is 3.65. The van der Waals surface area contributed by atoms with Gasteiger partial charge in [0.25, 0.3) is 0 Å². The zero-order valence-corrected chi connectivity index (χ0v) is 13.0. The first-order valence-corrected chi connectivity index (χ1v) is 6.81. The summed E-state index contributed by atoms with van der Waals surface area (Å²) in [4.78, 5) is 0. The summed E-state index contributed by atoms with van der Waals surface area (Å²) in [5.41, 5.74) is -3.60. The topological polar surface area (TPSA) is 114 Å². The maximum Gasteiger partial charge on any atom is 0.184 e. The van der Waals surface area contributed by atoms with Crippen LogP contribution in [0.2, 0.25) is 0 Å². The third kappa shape index (κ3) is 1.70. The van der Waals surface area contributed by atoms with E-state index in [2.05, 4.69) is 0 Å². The van der Waals surface area contributed by atoms with Crippen LogP contribution in [0.4, 0.5) is 0 Å². The van der Waals surface area contributed by atoms with Crippen molar-refractivity contribution in [3.8, 4) is 35.8 Å². The first-order valence-electron chi connectivity index (χ1n) is 6.81. The molecular formula is C17H14N4O2. The van der Waals surface area contributed by atoms with Crippen LogP contribution in [-0.2, 0) is 6.42 Å². The van der Waals surface area contributed by atoms with Crippen LogP contribution in [0.1, 0.15) is 12.5 Å². The molecule has 0 aliphatic heterocycles. The molecule has 0 amide bonds. The van der Waals surface area contributed by atoms with Gasteiger partial charge < -0.3 is 9.47 Å². The average Bonchev–Trinajstić information content (AvgIpc) is 3.05. The monoisotopic (exact) mass is 306 g/mol. The molecule has 0 heterocycles. The lowest BCUT2D eigenvalue weighted by Crippen LogP contribution is -2.11. The summed E-state index contributed by atoms with van der Waals surface area (Å²) in [6.45, 7) is 1.63. The molecule has 23 heavy (non-hydrogen) atoms. The molecule has 0 unspecified atom stereocenters. The molecule has 1 aromatic carbocycles. The van der Waals surface area contributed by atoms with Gasteiger partial charge in [-0.1, -0.05) is 13.0 Å². The Morgan fingerprint density at radius 3 is 1.74 bits per heavy atom. The Bertz CT molecular complexity index is 751. The van der Waals surface area contributed by atoms with Gasteiger partial charge in [0, 0.05) is 5.41 Å². The van der Waals surface area contributed by atoms with Gasteiger partial charge in [-0.3, -0.25) is 0 Å². The molecule has 0 saturated heterocycles. The highest BCUT2D eigenvalue weighted by Gasteiger charge is 2.89. The summed E-state index contributed by atoms with van der Waals surface area (Å²) in [6.07, 6.45) is 0.232. The second-order valence-corrected chi connectivity index (χ2v) is 5.65. The van der Waals surface area contributed by atoms with Crippen molar-refractivity contribution in [2.45, 2.75) is 13.3 Å². The van der Waals surface area contributed by atoms with E-state index >= 15 is 0 Å².